The van der Waals surface area contributed by atoms with Gasteiger partial charge in [0.2, 0.25) is 0 Å². The molecule has 18 heavy (non-hydrogen) atoms. The predicted octanol–water partition coefficient (Wildman–Crippen LogP) is 2.89. The van der Waals surface area contributed by atoms with Crippen molar-refractivity contribution in [2.75, 3.05) is 5.75 Å². The summed E-state index contributed by atoms with van der Waals surface area (Å²) in [5.74, 6) is -0.829. The smallest absolute Gasteiger partial charge is 0.313 e. The van der Waals surface area contributed by atoms with E-state index in [0.29, 0.717) is 5.16 Å². The Balaban J connectivity index is 2.05. The molecule has 0 unspecified atom stereocenters. The van der Waals surface area contributed by atoms with Gasteiger partial charge in [0, 0.05) is 0 Å². The number of nitrogens with one attached hydrogen (secondary N) is 1. The standard InChI is InChI=1S/C13H10N2O2S/c16-12(17)7-18-13-14-10-5-8-3-1-2-4-9(8)6-11(10)15-13/h1-6H,7H2,(H,14,15)(H,16,17). The average molecular weight is 258 g/mol. The summed E-state index contributed by atoms with van der Waals surface area (Å²) in [5.41, 5.74) is 1.79. The number of imidazole rings is 1. The Kier molecular flexibility index (Phi) is 2.68. The SMILES string of the molecule is O=C(O)CSc1nc2cc3ccccc3cc2[nH]1. The third kappa shape index (κ3) is 2.04. The Labute approximate surface area is 107 Å². The van der Waals surface area contributed by atoms with Gasteiger partial charge in [-0.3, -0.25) is 4.79 Å². The van der Waals surface area contributed by atoms with Gasteiger partial charge in [0.25, 0.3) is 0 Å². The summed E-state index contributed by atoms with van der Waals surface area (Å²) in [7, 11) is 0. The zero-order valence-corrected chi connectivity index (χ0v) is 10.2. The van der Waals surface area contributed by atoms with Crippen LogP contribution >= 0.6 is 11.8 Å². The monoisotopic (exact) mass is 258 g/mol. The third-order valence-corrected chi connectivity index (χ3v) is 3.52. The van der Waals surface area contributed by atoms with Crippen molar-refractivity contribution < 1.29 is 9.90 Å². The number of nitrogens with zero attached hydrogens (tertiary/aromatic N) is 1. The van der Waals surface area contributed by atoms with E-state index in [9.17, 15) is 4.79 Å². The lowest BCUT2D eigenvalue weighted by atomic mass is 10.1. The highest BCUT2D eigenvalue weighted by molar-refractivity contribution is 7.99. The second-order valence-electron chi connectivity index (χ2n) is 3.94. The molecule has 3 aromatic rings. The van der Waals surface area contributed by atoms with Crippen molar-refractivity contribution in [1.82, 2.24) is 9.97 Å². The Morgan fingerprint density at radius 3 is 2.72 bits per heavy atom. The molecule has 3 rings (SSSR count). The minimum absolute atomic E-state index is 0.0132. The molecule has 0 aliphatic rings. The molecule has 0 spiro atoms. The van der Waals surface area contributed by atoms with Gasteiger partial charge in [-0.15, -0.1) is 0 Å². The van der Waals surface area contributed by atoms with Crippen LogP contribution in [0, 0.1) is 0 Å². The molecule has 0 aliphatic carbocycles. The number of carbonyl (C=O) groups is 1. The van der Waals surface area contributed by atoms with Gasteiger partial charge in [0.15, 0.2) is 5.16 Å². The summed E-state index contributed by atoms with van der Waals surface area (Å²) in [4.78, 5) is 18.0. The number of aliphatic carboxylic acids is 1. The fourth-order valence-electron chi connectivity index (χ4n) is 1.87. The fraction of sp³-hybridized carbons (Fsp3) is 0.0769. The van der Waals surface area contributed by atoms with E-state index in [0.717, 1.165) is 21.8 Å². The average Bonchev–Trinajstić information content (AvgIpc) is 2.75. The highest BCUT2D eigenvalue weighted by Crippen LogP contribution is 2.24. The molecule has 0 aliphatic heterocycles. The molecule has 2 aromatic carbocycles. The Morgan fingerprint density at radius 1 is 1.28 bits per heavy atom. The van der Waals surface area contributed by atoms with Crippen molar-refractivity contribution in [2.24, 2.45) is 0 Å². The van der Waals surface area contributed by atoms with Crippen molar-refractivity contribution in [3.05, 3.63) is 36.4 Å². The quantitative estimate of drug-likeness (QED) is 0.709. The van der Waals surface area contributed by atoms with Crippen LogP contribution in [0.25, 0.3) is 21.8 Å². The Hall–Kier alpha value is -2.01. The van der Waals surface area contributed by atoms with Gasteiger partial charge in [-0.25, -0.2) is 4.98 Å². The number of hydrogen-bond acceptors (Lipinski definition) is 3. The van der Waals surface area contributed by atoms with E-state index in [1.165, 1.54) is 11.8 Å². The van der Waals surface area contributed by atoms with E-state index < -0.39 is 5.97 Å². The second-order valence-corrected chi connectivity index (χ2v) is 4.90. The summed E-state index contributed by atoms with van der Waals surface area (Å²) in [6.07, 6.45) is 0. The van der Waals surface area contributed by atoms with Crippen LogP contribution in [0.5, 0.6) is 0 Å². The number of thioether (sulfide) groups is 1. The molecule has 0 saturated heterocycles. The van der Waals surface area contributed by atoms with E-state index in [1.807, 2.05) is 36.4 Å². The van der Waals surface area contributed by atoms with Crippen LogP contribution in [0.15, 0.2) is 41.6 Å². The van der Waals surface area contributed by atoms with E-state index in [4.69, 9.17) is 5.11 Å². The summed E-state index contributed by atoms with van der Waals surface area (Å²) < 4.78 is 0. The van der Waals surface area contributed by atoms with Crippen molar-refractivity contribution >= 4 is 39.5 Å². The molecular formula is C13H10N2O2S. The van der Waals surface area contributed by atoms with Crippen LogP contribution in [0.2, 0.25) is 0 Å². The van der Waals surface area contributed by atoms with Crippen molar-refractivity contribution in [3.8, 4) is 0 Å². The summed E-state index contributed by atoms with van der Waals surface area (Å²) in [6.45, 7) is 0. The van der Waals surface area contributed by atoms with Crippen LogP contribution in [0.3, 0.4) is 0 Å². The number of hydrogen-bond donors (Lipinski definition) is 2. The molecule has 0 bridgehead atoms. The number of carboxylic acids is 1. The predicted molar refractivity (Wildman–Crippen MR) is 72.0 cm³/mol. The van der Waals surface area contributed by atoms with Crippen molar-refractivity contribution in [1.29, 1.82) is 0 Å². The van der Waals surface area contributed by atoms with Crippen molar-refractivity contribution in [3.63, 3.8) is 0 Å². The highest BCUT2D eigenvalue weighted by atomic mass is 32.2. The van der Waals surface area contributed by atoms with E-state index >= 15 is 0 Å². The zero-order valence-electron chi connectivity index (χ0n) is 9.38. The number of H-pyrrole nitrogens is 1. The first-order valence-electron chi connectivity index (χ1n) is 5.45. The number of carboxylic acid groups (broad SMARTS) is 1. The first kappa shape index (κ1) is 11.1. The van der Waals surface area contributed by atoms with Gasteiger partial charge in [-0.2, -0.15) is 0 Å². The molecule has 1 aromatic heterocycles. The van der Waals surface area contributed by atoms with Gasteiger partial charge >= 0.3 is 5.97 Å². The number of benzene rings is 2. The molecule has 0 radical (unpaired) electrons. The fourth-order valence-corrected chi connectivity index (χ4v) is 2.48. The van der Waals surface area contributed by atoms with Gasteiger partial charge in [-0.1, -0.05) is 36.0 Å². The van der Waals surface area contributed by atoms with E-state index in [1.54, 1.807) is 0 Å². The molecule has 2 N–H and O–H groups in total. The Morgan fingerprint density at radius 2 is 2.00 bits per heavy atom. The first-order chi connectivity index (χ1) is 8.72. The molecule has 0 saturated carbocycles. The van der Waals surface area contributed by atoms with Crippen LogP contribution < -0.4 is 0 Å². The lowest BCUT2D eigenvalue weighted by Gasteiger charge is -1.95. The first-order valence-corrected chi connectivity index (χ1v) is 6.44. The maximum Gasteiger partial charge on any atom is 0.313 e. The molecule has 0 fully saturated rings. The number of aromatic amines is 1. The molecular weight excluding hydrogens is 248 g/mol. The van der Waals surface area contributed by atoms with E-state index in [-0.39, 0.29) is 5.75 Å². The molecule has 1 heterocycles. The number of aromatic nitrogens is 2. The minimum atomic E-state index is -0.842. The Bertz CT molecular complexity index is 684. The largest absolute Gasteiger partial charge is 0.481 e. The molecule has 0 amide bonds. The van der Waals surface area contributed by atoms with Gasteiger partial charge < -0.3 is 10.1 Å². The second kappa shape index (κ2) is 4.34. The molecule has 0 atom stereocenters. The molecule has 4 nitrogen and oxygen atoms in total. The van der Waals surface area contributed by atoms with Crippen LogP contribution in [-0.2, 0) is 4.79 Å². The summed E-state index contributed by atoms with van der Waals surface area (Å²) in [5, 5.41) is 11.6. The third-order valence-electron chi connectivity index (χ3n) is 2.66. The van der Waals surface area contributed by atoms with Crippen LogP contribution in [-0.4, -0.2) is 26.8 Å². The van der Waals surface area contributed by atoms with Crippen LogP contribution in [0.1, 0.15) is 0 Å². The van der Waals surface area contributed by atoms with Crippen molar-refractivity contribution in [2.45, 2.75) is 5.16 Å². The highest BCUT2D eigenvalue weighted by Gasteiger charge is 2.06. The van der Waals surface area contributed by atoms with E-state index in [2.05, 4.69) is 9.97 Å². The lowest BCUT2D eigenvalue weighted by molar-refractivity contribution is -0.133. The van der Waals surface area contributed by atoms with Gasteiger partial charge in [0.05, 0.1) is 16.8 Å². The normalized spacial score (nSPS) is 11.1. The number of fused-ring (bicyclic) bond motifs is 2. The minimum Gasteiger partial charge on any atom is -0.481 e. The maximum atomic E-state index is 10.5. The summed E-state index contributed by atoms with van der Waals surface area (Å²) >= 11 is 1.19. The van der Waals surface area contributed by atoms with Gasteiger partial charge in [0.1, 0.15) is 0 Å². The molecule has 5 heteroatoms. The number of rotatable bonds is 3. The van der Waals surface area contributed by atoms with Gasteiger partial charge in [-0.05, 0) is 22.9 Å². The zero-order chi connectivity index (χ0) is 12.5. The lowest BCUT2D eigenvalue weighted by Crippen LogP contribution is -1.97. The maximum absolute atomic E-state index is 10.5. The summed E-state index contributed by atoms with van der Waals surface area (Å²) in [6, 6.07) is 12.1. The molecule has 90 valence electrons. The topological polar surface area (TPSA) is 66.0 Å². The van der Waals surface area contributed by atoms with Crippen LogP contribution in [0.4, 0.5) is 0 Å².